The van der Waals surface area contributed by atoms with Gasteiger partial charge in [0.15, 0.2) is 0 Å². The van der Waals surface area contributed by atoms with Gasteiger partial charge in [-0.15, -0.1) is 0 Å². The molecule has 0 aliphatic carbocycles. The summed E-state index contributed by atoms with van der Waals surface area (Å²) in [4.78, 5) is 0. The molecule has 0 amide bonds. The molecule has 0 heterocycles. The molecule has 2 aromatic carbocycles. The Kier molecular flexibility index (Phi) is 5.45. The maximum Gasteiger partial charge on any atom is 0.488 e. The van der Waals surface area contributed by atoms with Crippen LogP contribution in [0.25, 0.3) is 0 Å². The Bertz CT molecular complexity index is 611. The van der Waals surface area contributed by atoms with Gasteiger partial charge in [0.05, 0.1) is 0 Å². The minimum absolute atomic E-state index is 0.192. The van der Waals surface area contributed by atoms with Crippen LogP contribution < -0.4 is 5.46 Å². The highest BCUT2D eigenvalue weighted by atomic mass is 32.2. The Hall–Kier alpha value is -1.30. The first-order valence-electron chi connectivity index (χ1n) is 6.74. The minimum Gasteiger partial charge on any atom is -0.423 e. The Balaban J connectivity index is 2.00. The monoisotopic (exact) mass is 304 g/mol. The topological polar surface area (TPSA) is 40.5 Å². The third-order valence-corrected chi connectivity index (χ3v) is 4.17. The molecule has 0 saturated carbocycles. The smallest absolute Gasteiger partial charge is 0.423 e. The molecule has 2 aromatic rings. The Labute approximate surface area is 129 Å². The van der Waals surface area contributed by atoms with Crippen LogP contribution in [0.5, 0.6) is 0 Å². The van der Waals surface area contributed by atoms with E-state index < -0.39 is 12.9 Å². The molecule has 2 N–H and O–H groups in total. The highest BCUT2D eigenvalue weighted by molar-refractivity contribution is 7.97. The average Bonchev–Trinajstić information content (AvgIpc) is 2.36. The van der Waals surface area contributed by atoms with E-state index >= 15 is 0 Å². The summed E-state index contributed by atoms with van der Waals surface area (Å²) in [6.07, 6.45) is 0. The van der Waals surface area contributed by atoms with Crippen molar-refractivity contribution in [3.05, 3.63) is 64.5 Å². The third kappa shape index (κ3) is 4.88. The van der Waals surface area contributed by atoms with Gasteiger partial charge < -0.3 is 10.0 Å². The van der Waals surface area contributed by atoms with Crippen LogP contribution in [0.4, 0.5) is 4.39 Å². The number of halogens is 1. The van der Waals surface area contributed by atoms with Crippen molar-refractivity contribution in [1.82, 2.24) is 0 Å². The molecule has 0 radical (unpaired) electrons. The summed E-state index contributed by atoms with van der Waals surface area (Å²) in [5.41, 5.74) is 4.67. The maximum atomic E-state index is 13.4. The van der Waals surface area contributed by atoms with Gasteiger partial charge in [-0.2, -0.15) is 11.8 Å². The number of thioether (sulfide) groups is 1. The first kappa shape index (κ1) is 16.1. The Morgan fingerprint density at radius 1 is 0.905 bits per heavy atom. The predicted molar refractivity (Wildman–Crippen MR) is 87.1 cm³/mol. The van der Waals surface area contributed by atoms with Crippen LogP contribution in [0, 0.1) is 19.7 Å². The molecule has 0 saturated heterocycles. The quantitative estimate of drug-likeness (QED) is 0.834. The van der Waals surface area contributed by atoms with Gasteiger partial charge in [0.1, 0.15) is 5.82 Å². The van der Waals surface area contributed by atoms with E-state index in [0.717, 1.165) is 17.4 Å². The van der Waals surface area contributed by atoms with Gasteiger partial charge in [0, 0.05) is 11.5 Å². The largest absolute Gasteiger partial charge is 0.488 e. The number of rotatable bonds is 5. The fourth-order valence-corrected chi connectivity index (χ4v) is 3.25. The van der Waals surface area contributed by atoms with Gasteiger partial charge in [0.2, 0.25) is 0 Å². The van der Waals surface area contributed by atoms with Crippen molar-refractivity contribution in [2.45, 2.75) is 25.4 Å². The van der Waals surface area contributed by atoms with Crippen molar-refractivity contribution in [3.8, 4) is 0 Å². The number of hydrogen-bond donors (Lipinski definition) is 2. The SMILES string of the molecule is Cc1cc(C)cc(CSCc2cc(F)cc(B(O)O)c2)c1. The van der Waals surface area contributed by atoms with E-state index in [4.69, 9.17) is 10.0 Å². The van der Waals surface area contributed by atoms with E-state index in [9.17, 15) is 4.39 Å². The van der Waals surface area contributed by atoms with Crippen LogP contribution in [0.1, 0.15) is 22.3 Å². The molecule has 2 nitrogen and oxygen atoms in total. The zero-order chi connectivity index (χ0) is 15.4. The molecule has 0 bridgehead atoms. The number of benzene rings is 2. The van der Waals surface area contributed by atoms with E-state index in [1.54, 1.807) is 17.8 Å². The molecule has 21 heavy (non-hydrogen) atoms. The zero-order valence-electron chi connectivity index (χ0n) is 12.1. The van der Waals surface area contributed by atoms with Gasteiger partial charge in [-0.25, -0.2) is 4.39 Å². The van der Waals surface area contributed by atoms with E-state index in [2.05, 4.69) is 32.0 Å². The van der Waals surface area contributed by atoms with Crippen molar-refractivity contribution in [3.63, 3.8) is 0 Å². The summed E-state index contributed by atoms with van der Waals surface area (Å²) < 4.78 is 13.4. The number of aryl methyl sites for hydroxylation is 2. The van der Waals surface area contributed by atoms with Crippen LogP contribution in [0.15, 0.2) is 36.4 Å². The Morgan fingerprint density at radius 3 is 2.05 bits per heavy atom. The second-order valence-corrected chi connectivity index (χ2v) is 6.24. The highest BCUT2D eigenvalue weighted by Gasteiger charge is 2.13. The summed E-state index contributed by atoms with van der Waals surface area (Å²) in [7, 11) is -1.64. The lowest BCUT2D eigenvalue weighted by Crippen LogP contribution is -2.30. The standard InChI is InChI=1S/C16H18BFO2S/c1-11-3-12(2)5-13(4-11)9-21-10-14-6-15(17(19)20)8-16(18)7-14/h3-8,19-20H,9-10H2,1-2H3. The first-order valence-corrected chi connectivity index (χ1v) is 7.90. The molecule has 0 aliphatic rings. The molecule has 0 aromatic heterocycles. The van der Waals surface area contributed by atoms with Crippen LogP contribution in [0.3, 0.4) is 0 Å². The molecule has 0 fully saturated rings. The van der Waals surface area contributed by atoms with Gasteiger partial charge in [-0.3, -0.25) is 0 Å². The van der Waals surface area contributed by atoms with Crippen LogP contribution >= 0.6 is 11.8 Å². The summed E-state index contributed by atoms with van der Waals surface area (Å²) in [5.74, 6) is 1.03. The Morgan fingerprint density at radius 2 is 1.48 bits per heavy atom. The maximum absolute atomic E-state index is 13.4. The lowest BCUT2D eigenvalue weighted by molar-refractivity contribution is 0.425. The lowest BCUT2D eigenvalue weighted by Gasteiger charge is -2.07. The summed E-state index contributed by atoms with van der Waals surface area (Å²) >= 11 is 1.68. The number of hydrogen-bond acceptors (Lipinski definition) is 3. The zero-order valence-corrected chi connectivity index (χ0v) is 13.0. The van der Waals surface area contributed by atoms with Gasteiger partial charge >= 0.3 is 7.12 Å². The van der Waals surface area contributed by atoms with Crippen LogP contribution in [-0.2, 0) is 11.5 Å². The molecule has 2 rings (SSSR count). The van der Waals surface area contributed by atoms with E-state index in [1.165, 1.54) is 22.8 Å². The fraction of sp³-hybridized carbons (Fsp3) is 0.250. The summed E-state index contributed by atoms with van der Waals surface area (Å²) in [5, 5.41) is 18.2. The minimum atomic E-state index is -1.64. The molecule has 5 heteroatoms. The fourth-order valence-electron chi connectivity index (χ4n) is 2.35. The van der Waals surface area contributed by atoms with Crippen molar-refractivity contribution in [2.24, 2.45) is 0 Å². The summed E-state index contributed by atoms with van der Waals surface area (Å²) in [6, 6.07) is 10.6. The molecular weight excluding hydrogens is 286 g/mol. The third-order valence-electron chi connectivity index (χ3n) is 3.10. The van der Waals surface area contributed by atoms with Gasteiger partial charge in [-0.05, 0) is 42.6 Å². The van der Waals surface area contributed by atoms with E-state index in [-0.39, 0.29) is 5.46 Å². The van der Waals surface area contributed by atoms with Crippen molar-refractivity contribution >= 4 is 24.3 Å². The second-order valence-electron chi connectivity index (χ2n) is 5.26. The van der Waals surface area contributed by atoms with Gasteiger partial charge in [0.25, 0.3) is 0 Å². The van der Waals surface area contributed by atoms with Crippen molar-refractivity contribution in [2.75, 3.05) is 0 Å². The van der Waals surface area contributed by atoms with Crippen LogP contribution in [0.2, 0.25) is 0 Å². The second kappa shape index (κ2) is 7.12. The normalized spacial score (nSPS) is 10.7. The average molecular weight is 304 g/mol. The predicted octanol–water partition coefficient (Wildman–Crippen LogP) is 2.56. The molecule has 0 unspecified atom stereocenters. The molecule has 0 aliphatic heterocycles. The first-order chi connectivity index (χ1) is 9.94. The van der Waals surface area contributed by atoms with Gasteiger partial charge in [-0.1, -0.05) is 35.4 Å². The van der Waals surface area contributed by atoms with E-state index in [1.807, 2.05) is 0 Å². The molecular formula is C16H18BFO2S. The van der Waals surface area contributed by atoms with E-state index in [0.29, 0.717) is 5.75 Å². The molecule has 0 spiro atoms. The summed E-state index contributed by atoms with van der Waals surface area (Å²) in [6.45, 7) is 4.14. The van der Waals surface area contributed by atoms with Crippen molar-refractivity contribution < 1.29 is 14.4 Å². The van der Waals surface area contributed by atoms with Crippen molar-refractivity contribution in [1.29, 1.82) is 0 Å². The molecule has 0 atom stereocenters. The van der Waals surface area contributed by atoms with Crippen LogP contribution in [-0.4, -0.2) is 17.2 Å². The lowest BCUT2D eigenvalue weighted by atomic mass is 9.79. The molecule has 110 valence electrons. The highest BCUT2D eigenvalue weighted by Crippen LogP contribution is 2.20.